The molecule has 2 heterocycles. The predicted molar refractivity (Wildman–Crippen MR) is 123 cm³/mol. The van der Waals surface area contributed by atoms with Gasteiger partial charge in [0.15, 0.2) is 0 Å². The first-order valence-electron chi connectivity index (χ1n) is 11.7. The number of rotatable bonds is 5. The number of carbonyl (C=O) groups excluding carboxylic acids is 4. The maximum absolute atomic E-state index is 12.7. The van der Waals surface area contributed by atoms with E-state index in [2.05, 4.69) is 26.1 Å². The number of likely N-dealkylation sites (tertiary alicyclic amines) is 1. The van der Waals surface area contributed by atoms with Crippen molar-refractivity contribution in [2.24, 2.45) is 28.9 Å². The largest absolute Gasteiger partial charge is 0.365 e. The molecule has 0 spiro atoms. The molecule has 7 nitrogen and oxygen atoms in total. The van der Waals surface area contributed by atoms with Crippen molar-refractivity contribution in [1.29, 1.82) is 0 Å². The van der Waals surface area contributed by atoms with Gasteiger partial charge in [-0.05, 0) is 49.0 Å². The van der Waals surface area contributed by atoms with E-state index in [9.17, 15) is 19.2 Å². The van der Waals surface area contributed by atoms with Crippen LogP contribution in [0, 0.1) is 23.2 Å². The molecule has 1 aliphatic heterocycles. The molecule has 4 rings (SSSR count). The van der Waals surface area contributed by atoms with Gasteiger partial charge in [-0.3, -0.25) is 24.1 Å². The molecular weight excluding hydrogens is 426 g/mol. The number of hydrogen-bond donors (Lipinski definition) is 2. The van der Waals surface area contributed by atoms with Crippen LogP contribution in [0.25, 0.3) is 0 Å². The molecule has 4 amide bonds. The van der Waals surface area contributed by atoms with Gasteiger partial charge < -0.3 is 11.1 Å². The lowest BCUT2D eigenvalue weighted by molar-refractivity contribution is -0.140. The van der Waals surface area contributed by atoms with Gasteiger partial charge in [0.2, 0.25) is 17.7 Å². The van der Waals surface area contributed by atoms with Crippen molar-refractivity contribution in [3.63, 3.8) is 0 Å². The van der Waals surface area contributed by atoms with Crippen LogP contribution in [0.5, 0.6) is 0 Å². The summed E-state index contributed by atoms with van der Waals surface area (Å²) in [5, 5.41) is 3.34. The highest BCUT2D eigenvalue weighted by Crippen LogP contribution is 2.44. The maximum Gasteiger partial charge on any atom is 0.251 e. The second-order valence-electron chi connectivity index (χ2n) is 10.5. The Morgan fingerprint density at radius 2 is 1.72 bits per heavy atom. The molecule has 3 atom stereocenters. The molecule has 8 heteroatoms. The van der Waals surface area contributed by atoms with Crippen molar-refractivity contribution >= 4 is 40.0 Å². The molecule has 0 aromatic carbocycles. The summed E-state index contributed by atoms with van der Waals surface area (Å²) in [6.45, 7) is 6.76. The minimum Gasteiger partial charge on any atom is -0.365 e. The van der Waals surface area contributed by atoms with E-state index in [-0.39, 0.29) is 47.9 Å². The van der Waals surface area contributed by atoms with Gasteiger partial charge in [-0.15, -0.1) is 11.3 Å². The van der Waals surface area contributed by atoms with E-state index in [0.717, 1.165) is 55.4 Å². The maximum atomic E-state index is 12.7. The van der Waals surface area contributed by atoms with Crippen molar-refractivity contribution in [3.8, 4) is 0 Å². The van der Waals surface area contributed by atoms with Crippen LogP contribution in [0.2, 0.25) is 0 Å². The number of nitrogens with one attached hydrogen (secondary N) is 1. The van der Waals surface area contributed by atoms with E-state index in [1.54, 1.807) is 0 Å². The first-order chi connectivity index (χ1) is 15.1. The number of carbonyl (C=O) groups is 4. The van der Waals surface area contributed by atoms with E-state index in [4.69, 9.17) is 5.73 Å². The average Bonchev–Trinajstić information content (AvgIpc) is 3.20. The summed E-state index contributed by atoms with van der Waals surface area (Å²) in [5.41, 5.74) is 7.23. The summed E-state index contributed by atoms with van der Waals surface area (Å²) >= 11 is 1.43. The molecule has 32 heavy (non-hydrogen) atoms. The Morgan fingerprint density at radius 1 is 1.09 bits per heavy atom. The quantitative estimate of drug-likeness (QED) is 0.657. The van der Waals surface area contributed by atoms with E-state index >= 15 is 0 Å². The van der Waals surface area contributed by atoms with Gasteiger partial charge in [0, 0.05) is 17.8 Å². The third kappa shape index (κ3) is 4.21. The molecule has 1 aromatic rings. The molecule has 2 aliphatic carbocycles. The van der Waals surface area contributed by atoms with Gasteiger partial charge in [0.1, 0.15) is 5.00 Å². The summed E-state index contributed by atoms with van der Waals surface area (Å²) in [5.74, 6) is -1.01. The van der Waals surface area contributed by atoms with Crippen LogP contribution < -0.4 is 11.1 Å². The fourth-order valence-corrected chi connectivity index (χ4v) is 6.88. The average molecular weight is 460 g/mol. The zero-order valence-electron chi connectivity index (χ0n) is 19.2. The molecule has 3 N–H and O–H groups in total. The van der Waals surface area contributed by atoms with Crippen LogP contribution in [0.4, 0.5) is 5.00 Å². The van der Waals surface area contributed by atoms with Crippen LogP contribution in [-0.2, 0) is 27.2 Å². The Labute approximate surface area is 193 Å². The Hall–Kier alpha value is -2.22. The van der Waals surface area contributed by atoms with Crippen molar-refractivity contribution in [2.45, 2.75) is 72.1 Å². The Morgan fingerprint density at radius 3 is 2.28 bits per heavy atom. The summed E-state index contributed by atoms with van der Waals surface area (Å²) < 4.78 is 0. The summed E-state index contributed by atoms with van der Waals surface area (Å²) in [4.78, 5) is 52.5. The molecule has 0 bridgehead atoms. The highest BCUT2D eigenvalue weighted by atomic mass is 32.1. The lowest BCUT2D eigenvalue weighted by atomic mass is 9.72. The summed E-state index contributed by atoms with van der Waals surface area (Å²) in [6.07, 6.45) is 6.13. The topological polar surface area (TPSA) is 110 Å². The lowest BCUT2D eigenvalue weighted by Crippen LogP contribution is -2.34. The lowest BCUT2D eigenvalue weighted by Gasteiger charge is -2.33. The van der Waals surface area contributed by atoms with Crippen LogP contribution in [-0.4, -0.2) is 35.1 Å². The van der Waals surface area contributed by atoms with Crippen molar-refractivity contribution in [3.05, 3.63) is 16.0 Å². The van der Waals surface area contributed by atoms with Crippen molar-refractivity contribution in [1.82, 2.24) is 4.90 Å². The Kier molecular flexibility index (Phi) is 6.18. The first kappa shape index (κ1) is 23.0. The van der Waals surface area contributed by atoms with E-state index in [0.29, 0.717) is 16.5 Å². The van der Waals surface area contributed by atoms with Gasteiger partial charge in [0.05, 0.1) is 17.4 Å². The fourth-order valence-electron chi connectivity index (χ4n) is 5.53. The van der Waals surface area contributed by atoms with Gasteiger partial charge in [-0.1, -0.05) is 33.6 Å². The summed E-state index contributed by atoms with van der Waals surface area (Å²) in [7, 11) is 0. The van der Waals surface area contributed by atoms with Crippen molar-refractivity contribution in [2.75, 3.05) is 11.9 Å². The third-order valence-corrected chi connectivity index (χ3v) is 8.65. The number of anilines is 1. The number of nitrogens with zero attached hydrogens (tertiary/aromatic N) is 1. The van der Waals surface area contributed by atoms with Crippen LogP contribution in [0.3, 0.4) is 0 Å². The Bertz CT molecular complexity index is 937. The molecule has 174 valence electrons. The smallest absolute Gasteiger partial charge is 0.251 e. The van der Waals surface area contributed by atoms with Gasteiger partial charge >= 0.3 is 0 Å². The molecule has 1 aromatic heterocycles. The van der Waals surface area contributed by atoms with Crippen LogP contribution in [0.15, 0.2) is 0 Å². The highest BCUT2D eigenvalue weighted by molar-refractivity contribution is 7.17. The minimum absolute atomic E-state index is 0.0162. The van der Waals surface area contributed by atoms with E-state index < -0.39 is 5.91 Å². The molecule has 3 aliphatic rings. The first-order valence-corrected chi connectivity index (χ1v) is 12.5. The monoisotopic (exact) mass is 459 g/mol. The predicted octanol–water partition coefficient (Wildman–Crippen LogP) is 3.50. The second-order valence-corrected chi connectivity index (χ2v) is 11.6. The van der Waals surface area contributed by atoms with Crippen LogP contribution >= 0.6 is 11.3 Å². The normalized spacial score (nSPS) is 25.5. The third-order valence-electron chi connectivity index (χ3n) is 7.48. The molecular formula is C24H33N3O4S. The zero-order chi connectivity index (χ0) is 23.2. The van der Waals surface area contributed by atoms with Gasteiger partial charge in [0.25, 0.3) is 5.91 Å². The number of amides is 4. The number of nitrogens with two attached hydrogens (primary N) is 1. The summed E-state index contributed by atoms with van der Waals surface area (Å²) in [6, 6.07) is 0. The van der Waals surface area contributed by atoms with Gasteiger partial charge in [-0.25, -0.2) is 0 Å². The molecule has 2 fully saturated rings. The second kappa shape index (κ2) is 8.61. The minimum atomic E-state index is -0.527. The molecule has 1 saturated heterocycles. The number of primary amides is 1. The SMILES string of the molecule is CC(C)(C)[C@@H]1CCc2c(sc(NC(=O)CCN3C(=O)[C@H]4CCCC[C@@H]4C3=O)c2C(N)=O)C1. The molecule has 0 unspecified atom stereocenters. The standard InChI is InChI=1S/C24H33N3O4S/c1-24(2,3)13-8-9-16-17(12-13)32-21(19(16)20(25)29)26-18(28)10-11-27-22(30)14-6-4-5-7-15(14)23(27)31/h13-15H,4-12H2,1-3H3,(H2,25,29)(H,26,28)/t13-,14+,15+/m1/s1. The van der Waals surface area contributed by atoms with Crippen molar-refractivity contribution < 1.29 is 19.2 Å². The van der Waals surface area contributed by atoms with E-state index in [1.165, 1.54) is 16.2 Å². The fraction of sp³-hybridized carbons (Fsp3) is 0.667. The highest BCUT2D eigenvalue weighted by Gasteiger charge is 2.47. The zero-order valence-corrected chi connectivity index (χ0v) is 20.0. The number of hydrogen-bond acceptors (Lipinski definition) is 5. The van der Waals surface area contributed by atoms with Crippen LogP contribution in [0.1, 0.15) is 80.1 Å². The number of fused-ring (bicyclic) bond motifs is 2. The van der Waals surface area contributed by atoms with Gasteiger partial charge in [-0.2, -0.15) is 0 Å². The molecule has 1 saturated carbocycles. The number of imide groups is 1. The molecule has 0 radical (unpaired) electrons. The van der Waals surface area contributed by atoms with E-state index in [1.807, 2.05) is 0 Å². The number of thiophene rings is 1. The Balaban J connectivity index is 1.44.